The van der Waals surface area contributed by atoms with Crippen LogP contribution in [-0.4, -0.2) is 128 Å². The first-order valence-electron chi connectivity index (χ1n) is 17.0. The van der Waals surface area contributed by atoms with Gasteiger partial charge in [-0.15, -0.1) is 0 Å². The fourth-order valence-electron chi connectivity index (χ4n) is 5.79. The Kier molecular flexibility index (Phi) is 16.1. The molecule has 21 heteroatoms. The number of carbonyl (C=O) groups is 9. The molecule has 3 rings (SSSR count). The second kappa shape index (κ2) is 20.2. The van der Waals surface area contributed by atoms with Gasteiger partial charge in [0.2, 0.25) is 24.4 Å². The van der Waals surface area contributed by atoms with Gasteiger partial charge in [0.1, 0.15) is 43.3 Å². The zero-order valence-corrected chi connectivity index (χ0v) is 31.8. The molecule has 0 radical (unpaired) electrons. The monoisotopic (exact) mass is 796 g/mol. The average molecular weight is 797 g/mol. The summed E-state index contributed by atoms with van der Waals surface area (Å²) in [4.78, 5) is 110. The minimum absolute atomic E-state index is 0.0815. The van der Waals surface area contributed by atoms with Crippen molar-refractivity contribution in [1.82, 2.24) is 10.6 Å². The molecule has 0 unspecified atom stereocenters. The topological polar surface area (TPSA) is 270 Å². The quantitative estimate of drug-likeness (QED) is 0.178. The Morgan fingerprint density at radius 2 is 0.946 bits per heavy atom. The summed E-state index contributed by atoms with van der Waals surface area (Å²) in [5.41, 5.74) is -0.187. The first-order chi connectivity index (χ1) is 26.2. The van der Waals surface area contributed by atoms with Crippen molar-refractivity contribution in [2.45, 2.75) is 117 Å². The highest BCUT2D eigenvalue weighted by Crippen LogP contribution is 2.31. The molecule has 2 heterocycles. The number of rotatable bonds is 14. The van der Waals surface area contributed by atoms with Gasteiger partial charge in [0, 0.05) is 55.4 Å². The predicted octanol–water partition coefficient (Wildman–Crippen LogP) is -0.466. The summed E-state index contributed by atoms with van der Waals surface area (Å²) in [6, 6.07) is 2.47. The van der Waals surface area contributed by atoms with Crippen LogP contribution in [0.25, 0.3) is 0 Å². The number of ether oxygens (including phenoxy) is 10. The summed E-state index contributed by atoms with van der Waals surface area (Å²) < 4.78 is 55.4. The summed E-state index contributed by atoms with van der Waals surface area (Å²) in [5.74, 6) is -7.26. The molecule has 2 N–H and O–H groups in total. The number of benzene rings is 1. The first-order valence-corrected chi connectivity index (χ1v) is 17.0. The Bertz CT molecular complexity index is 1660. The Hall–Kier alpha value is -5.83. The molecular formula is C35H44N2O19. The van der Waals surface area contributed by atoms with Gasteiger partial charge >= 0.3 is 41.8 Å². The van der Waals surface area contributed by atoms with E-state index in [1.165, 1.54) is 24.3 Å². The Morgan fingerprint density at radius 3 is 1.36 bits per heavy atom. The third-order valence-electron chi connectivity index (χ3n) is 7.69. The summed E-state index contributed by atoms with van der Waals surface area (Å²) >= 11 is 0. The van der Waals surface area contributed by atoms with Gasteiger partial charge in [-0.05, 0) is 18.2 Å². The van der Waals surface area contributed by atoms with Crippen molar-refractivity contribution >= 4 is 53.6 Å². The van der Waals surface area contributed by atoms with E-state index in [1.807, 2.05) is 0 Å². The number of esters is 7. The molecule has 1 aromatic rings. The predicted molar refractivity (Wildman–Crippen MR) is 180 cm³/mol. The lowest BCUT2D eigenvalue weighted by Crippen LogP contribution is -2.67. The highest BCUT2D eigenvalue weighted by molar-refractivity contribution is 5.90. The first kappa shape index (κ1) is 44.6. The van der Waals surface area contributed by atoms with Gasteiger partial charge in [-0.3, -0.25) is 38.4 Å². The Labute approximate surface area is 320 Å². The number of carbonyl (C=O) groups excluding carboxylic acids is 9. The van der Waals surface area contributed by atoms with E-state index in [1.54, 1.807) is 0 Å². The number of hydrogen-bond donors (Lipinski definition) is 2. The fourth-order valence-corrected chi connectivity index (χ4v) is 5.79. The SMILES string of the molecule is CC(=O)N[C@@H]1[C@H](Oc2cccc(C(=O)O[C@@H]3O[C@H](COC(C)=O)[C@@H](OC(C)=O)[C@H](OC(C)=O)[C@@H]3NC(C)=O)c2)O[C@H](COC(C)=O)[C@H](OC(C)=O)[C@@H]1OC(C)=O. The molecule has 0 spiro atoms. The molecule has 0 saturated carbocycles. The lowest BCUT2D eigenvalue weighted by atomic mass is 9.96. The molecule has 10 atom stereocenters. The van der Waals surface area contributed by atoms with Crippen molar-refractivity contribution in [3.05, 3.63) is 29.8 Å². The third kappa shape index (κ3) is 13.2. The zero-order valence-electron chi connectivity index (χ0n) is 31.8. The Morgan fingerprint density at radius 1 is 0.536 bits per heavy atom. The molecule has 2 saturated heterocycles. The van der Waals surface area contributed by atoms with Crippen molar-refractivity contribution in [3.8, 4) is 5.75 Å². The highest BCUT2D eigenvalue weighted by atomic mass is 16.7. The van der Waals surface area contributed by atoms with Gasteiger partial charge in [-0.25, -0.2) is 4.79 Å². The molecule has 0 aromatic heterocycles. The smallest absolute Gasteiger partial charge is 0.340 e. The maximum atomic E-state index is 13.7. The number of nitrogens with one attached hydrogen (secondary N) is 2. The van der Waals surface area contributed by atoms with Gasteiger partial charge in [0.25, 0.3) is 0 Å². The van der Waals surface area contributed by atoms with E-state index in [0.29, 0.717) is 0 Å². The number of amides is 2. The molecule has 308 valence electrons. The van der Waals surface area contributed by atoms with E-state index < -0.39 is 128 Å². The molecule has 2 amide bonds. The normalized spacial score (nSPS) is 26.9. The van der Waals surface area contributed by atoms with E-state index in [4.69, 9.17) is 47.4 Å². The van der Waals surface area contributed by atoms with Crippen LogP contribution in [0.2, 0.25) is 0 Å². The van der Waals surface area contributed by atoms with Crippen molar-refractivity contribution in [2.24, 2.45) is 0 Å². The largest absolute Gasteiger partial charge is 0.463 e. The molecule has 21 nitrogen and oxygen atoms in total. The second-order valence-electron chi connectivity index (χ2n) is 12.5. The molecule has 2 aliphatic heterocycles. The van der Waals surface area contributed by atoms with Crippen molar-refractivity contribution in [2.75, 3.05) is 13.2 Å². The summed E-state index contributed by atoms with van der Waals surface area (Å²) in [7, 11) is 0. The maximum Gasteiger partial charge on any atom is 0.340 e. The second-order valence-corrected chi connectivity index (χ2v) is 12.5. The number of hydrogen-bond acceptors (Lipinski definition) is 19. The van der Waals surface area contributed by atoms with Crippen molar-refractivity contribution in [3.63, 3.8) is 0 Å². The van der Waals surface area contributed by atoms with Gasteiger partial charge in [-0.1, -0.05) is 6.07 Å². The Balaban J connectivity index is 1.99. The van der Waals surface area contributed by atoms with E-state index in [0.717, 1.165) is 55.4 Å². The molecule has 1 aromatic carbocycles. The van der Waals surface area contributed by atoms with Gasteiger partial charge in [-0.2, -0.15) is 0 Å². The van der Waals surface area contributed by atoms with Gasteiger partial charge < -0.3 is 58.0 Å². The van der Waals surface area contributed by atoms with Crippen LogP contribution in [0.4, 0.5) is 0 Å². The van der Waals surface area contributed by atoms with E-state index in [9.17, 15) is 43.2 Å². The van der Waals surface area contributed by atoms with Crippen LogP contribution < -0.4 is 15.4 Å². The molecule has 56 heavy (non-hydrogen) atoms. The van der Waals surface area contributed by atoms with Crippen LogP contribution in [-0.2, 0) is 81.0 Å². The van der Waals surface area contributed by atoms with Crippen LogP contribution in [0.15, 0.2) is 24.3 Å². The molecule has 2 fully saturated rings. The molecule has 0 bridgehead atoms. The maximum absolute atomic E-state index is 13.7. The van der Waals surface area contributed by atoms with Crippen LogP contribution in [0.3, 0.4) is 0 Å². The van der Waals surface area contributed by atoms with E-state index in [-0.39, 0.29) is 11.3 Å². The van der Waals surface area contributed by atoms with Crippen LogP contribution >= 0.6 is 0 Å². The molecule has 2 aliphatic rings. The minimum atomic E-state index is -1.73. The summed E-state index contributed by atoms with van der Waals surface area (Å²) in [6.07, 6.45) is -11.7. The van der Waals surface area contributed by atoms with Crippen LogP contribution in [0.1, 0.15) is 65.7 Å². The van der Waals surface area contributed by atoms with E-state index in [2.05, 4.69) is 10.6 Å². The van der Waals surface area contributed by atoms with E-state index >= 15 is 0 Å². The third-order valence-corrected chi connectivity index (χ3v) is 7.69. The molecule has 0 aliphatic carbocycles. The lowest BCUT2D eigenvalue weighted by molar-refractivity contribution is -0.263. The van der Waals surface area contributed by atoms with Gasteiger partial charge in [0.15, 0.2) is 24.4 Å². The van der Waals surface area contributed by atoms with Crippen molar-refractivity contribution in [1.29, 1.82) is 0 Å². The molecular weight excluding hydrogens is 752 g/mol. The average Bonchev–Trinajstić information content (AvgIpc) is 3.07. The zero-order chi connectivity index (χ0) is 41.9. The van der Waals surface area contributed by atoms with Crippen molar-refractivity contribution < 1.29 is 90.5 Å². The standard InChI is InChI=1S/C35H44N2O19/c1-15(38)36-27-31(51-21(7)44)29(49-19(5)42)25(13-47-17(3)40)54-34(27)53-24-11-9-10-23(12-24)33(46)56-35-28(37-16(2)39)32(52-22(8)45)30(50-20(6)43)26(55-35)14-48-18(4)41/h9-12,25-32,34-35H,13-14H2,1-8H3,(H,36,38)(H,37,39)/t25-,26-,27+,28+,29+,30-,31-,32-,34-,35+/m1/s1. The summed E-state index contributed by atoms with van der Waals surface area (Å²) in [6.45, 7) is 7.74. The summed E-state index contributed by atoms with van der Waals surface area (Å²) in [5, 5.41) is 5.04. The van der Waals surface area contributed by atoms with Crippen LogP contribution in [0, 0.1) is 0 Å². The van der Waals surface area contributed by atoms with Gasteiger partial charge in [0.05, 0.1) is 5.56 Å². The van der Waals surface area contributed by atoms with Crippen LogP contribution in [0.5, 0.6) is 5.75 Å². The minimum Gasteiger partial charge on any atom is -0.463 e. The lowest BCUT2D eigenvalue weighted by Gasteiger charge is -2.44. The highest BCUT2D eigenvalue weighted by Gasteiger charge is 2.53. The fraction of sp³-hybridized carbons (Fsp3) is 0.571.